The van der Waals surface area contributed by atoms with Crippen molar-refractivity contribution >= 4 is 47.2 Å². The lowest BCUT2D eigenvalue weighted by Gasteiger charge is -2.30. The Morgan fingerprint density at radius 2 is 1.38 bits per heavy atom. The molecule has 1 aliphatic heterocycles. The van der Waals surface area contributed by atoms with Gasteiger partial charge in [-0.05, 0) is 48.3 Å². The molecule has 9 N–H and O–H groups in total. The Morgan fingerprint density at radius 1 is 0.820 bits per heavy atom. The van der Waals surface area contributed by atoms with Gasteiger partial charge in [0.2, 0.25) is 29.5 Å². The summed E-state index contributed by atoms with van der Waals surface area (Å²) in [6.45, 7) is 3.74. The summed E-state index contributed by atoms with van der Waals surface area (Å²) in [7, 11) is 0. The zero-order valence-electron chi connectivity index (χ0n) is 28.9. The fraction of sp³-hybridized carbons (Fsp3) is 0.486. The monoisotopic (exact) mass is 710 g/mol. The molecule has 0 aromatic heterocycles. The first-order valence-electron chi connectivity index (χ1n) is 16.8. The van der Waals surface area contributed by atoms with E-state index in [0.717, 1.165) is 11.1 Å². The van der Waals surface area contributed by atoms with Crippen LogP contribution in [0.25, 0.3) is 0 Å². The van der Waals surface area contributed by atoms with E-state index < -0.39 is 65.7 Å². The minimum Gasteiger partial charge on any atom is -0.343 e. The van der Waals surface area contributed by atoms with Gasteiger partial charge in [-0.3, -0.25) is 34.2 Å². The number of carbonyl (C=O) groups excluding carboxylic acids is 6. The third-order valence-electron chi connectivity index (χ3n) is 8.35. The van der Waals surface area contributed by atoms with E-state index in [1.54, 1.807) is 0 Å². The van der Waals surface area contributed by atoms with Crippen molar-refractivity contribution in [3.8, 4) is 0 Å². The molecule has 6 amide bonds. The maximum Gasteiger partial charge on any atom is 0.256 e. The van der Waals surface area contributed by atoms with Crippen molar-refractivity contribution in [1.82, 2.24) is 31.6 Å². The molecule has 1 aliphatic rings. The molecule has 14 nitrogen and oxygen atoms in total. The van der Waals surface area contributed by atoms with Gasteiger partial charge in [-0.2, -0.15) is 11.8 Å². The van der Waals surface area contributed by atoms with Gasteiger partial charge in [0.25, 0.3) is 5.91 Å². The second kappa shape index (κ2) is 20.3. The number of nitrogens with one attached hydrogen (secondary N) is 5. The van der Waals surface area contributed by atoms with E-state index in [9.17, 15) is 28.8 Å². The van der Waals surface area contributed by atoms with E-state index >= 15 is 0 Å². The number of amides is 6. The number of hydrazine groups is 1. The molecule has 2 aromatic rings. The predicted molar refractivity (Wildman–Crippen MR) is 192 cm³/mol. The van der Waals surface area contributed by atoms with Gasteiger partial charge in [-0.25, -0.2) is 5.84 Å². The lowest BCUT2D eigenvalue weighted by atomic mass is 10.0. The number of thioether (sulfide) groups is 1. The summed E-state index contributed by atoms with van der Waals surface area (Å²) in [5, 5.41) is 11.0. The van der Waals surface area contributed by atoms with Crippen LogP contribution in [0.2, 0.25) is 0 Å². The quantitative estimate of drug-likeness (QED) is 0.0581. The van der Waals surface area contributed by atoms with Gasteiger partial charge in [0.15, 0.2) is 0 Å². The fourth-order valence-electron chi connectivity index (χ4n) is 5.76. The van der Waals surface area contributed by atoms with Crippen molar-refractivity contribution in [3.63, 3.8) is 0 Å². The first-order valence-corrected chi connectivity index (χ1v) is 18.1. The van der Waals surface area contributed by atoms with E-state index in [0.29, 0.717) is 18.6 Å². The van der Waals surface area contributed by atoms with Crippen LogP contribution in [0, 0.1) is 5.92 Å². The van der Waals surface area contributed by atoms with Gasteiger partial charge in [-0.1, -0.05) is 74.5 Å². The molecule has 0 saturated carbocycles. The third kappa shape index (κ3) is 12.1. The number of hydrogen-bond donors (Lipinski definition) is 7. The highest BCUT2D eigenvalue weighted by atomic mass is 32.2. The second-order valence-electron chi connectivity index (χ2n) is 12.6. The number of likely N-dealkylation sites (tertiary alicyclic amines) is 1. The van der Waals surface area contributed by atoms with Crippen molar-refractivity contribution in [2.75, 3.05) is 25.1 Å². The Balaban J connectivity index is 1.79. The number of nitrogens with zero attached hydrogens (tertiary/aromatic N) is 1. The molecule has 0 radical (unpaired) electrons. The highest BCUT2D eigenvalue weighted by molar-refractivity contribution is 7.98. The van der Waals surface area contributed by atoms with Crippen LogP contribution in [0.15, 0.2) is 60.7 Å². The van der Waals surface area contributed by atoms with Crippen molar-refractivity contribution in [2.24, 2.45) is 17.5 Å². The summed E-state index contributed by atoms with van der Waals surface area (Å²) in [5.41, 5.74) is 9.17. The molecule has 1 heterocycles. The van der Waals surface area contributed by atoms with Gasteiger partial charge in [0.1, 0.15) is 30.2 Å². The van der Waals surface area contributed by atoms with Crippen LogP contribution in [0.5, 0.6) is 0 Å². The van der Waals surface area contributed by atoms with Gasteiger partial charge in [0, 0.05) is 19.4 Å². The third-order valence-corrected chi connectivity index (χ3v) is 9.00. The molecule has 0 spiro atoms. The molecule has 0 unspecified atom stereocenters. The highest BCUT2D eigenvalue weighted by Crippen LogP contribution is 2.21. The second-order valence-corrected chi connectivity index (χ2v) is 13.6. The van der Waals surface area contributed by atoms with Gasteiger partial charge in [0.05, 0.1) is 6.54 Å². The number of nitrogens with two attached hydrogens (primary N) is 2. The molecule has 0 bridgehead atoms. The van der Waals surface area contributed by atoms with Gasteiger partial charge >= 0.3 is 0 Å². The summed E-state index contributed by atoms with van der Waals surface area (Å²) in [4.78, 5) is 80.9. The molecule has 50 heavy (non-hydrogen) atoms. The zero-order valence-corrected chi connectivity index (χ0v) is 29.7. The summed E-state index contributed by atoms with van der Waals surface area (Å²) < 4.78 is 0. The molecule has 1 fully saturated rings. The molecule has 3 rings (SSSR count). The number of benzene rings is 2. The molecule has 1 saturated heterocycles. The van der Waals surface area contributed by atoms with E-state index in [1.165, 1.54) is 16.7 Å². The normalized spacial score (nSPS) is 16.6. The average Bonchev–Trinajstić information content (AvgIpc) is 3.47. The molecular weight excluding hydrogens is 661 g/mol. The van der Waals surface area contributed by atoms with Crippen molar-refractivity contribution in [3.05, 3.63) is 71.8 Å². The Morgan fingerprint density at radius 3 is 1.90 bits per heavy atom. The zero-order chi connectivity index (χ0) is 36.6. The maximum absolute atomic E-state index is 13.8. The van der Waals surface area contributed by atoms with Crippen LogP contribution in [0.3, 0.4) is 0 Å². The molecular formula is C35H50N8O6S. The van der Waals surface area contributed by atoms with Crippen LogP contribution in [0.4, 0.5) is 0 Å². The number of hydrogen-bond acceptors (Lipinski definition) is 9. The fourth-order valence-corrected chi connectivity index (χ4v) is 6.23. The Bertz CT molecular complexity index is 1450. The Hall–Kier alpha value is -4.47. The topological polar surface area (TPSA) is 218 Å². The molecule has 15 heteroatoms. The van der Waals surface area contributed by atoms with Gasteiger partial charge < -0.3 is 31.9 Å². The maximum atomic E-state index is 13.8. The lowest BCUT2D eigenvalue weighted by Crippen LogP contribution is -2.58. The molecule has 0 aliphatic carbocycles. The Kier molecular flexibility index (Phi) is 16.2. The SMILES string of the molecule is CSCC[C@H](NC(=O)[C@@H](CC(C)C)N1CC[C@@H](NC(=O)[C@H](Cc2ccccc2)NC(=O)[C@H](Cc2ccccc2)NC(=O)CN)C1=O)C(=O)NN. The smallest absolute Gasteiger partial charge is 0.256 e. The minimum absolute atomic E-state index is 0.0363. The van der Waals surface area contributed by atoms with Crippen LogP contribution < -0.4 is 38.3 Å². The molecule has 272 valence electrons. The first-order chi connectivity index (χ1) is 24.0. The standard InChI is InChI=1S/C35H50N8O6S/c1-22(2)18-29(34(48)39-25(15-17-50-3)33(47)42-37)43-16-14-26(35(43)49)40-32(46)28(20-24-12-8-5-9-13-24)41-31(45)27(38-30(44)21-36)19-23-10-6-4-7-11-23/h4-13,22,25-29H,14-21,36-37H2,1-3H3,(H,38,44)(H,39,48)(H,40,46)(H,41,45)(H,42,47)/t25-,26+,27-,28-,29+/m0/s1. The molecule has 5 atom stereocenters. The van der Waals surface area contributed by atoms with Crippen molar-refractivity contribution in [2.45, 2.75) is 76.2 Å². The van der Waals surface area contributed by atoms with Gasteiger partial charge in [-0.15, -0.1) is 0 Å². The number of carbonyl (C=O) groups is 6. The van der Waals surface area contributed by atoms with Crippen LogP contribution >= 0.6 is 11.8 Å². The van der Waals surface area contributed by atoms with E-state index in [2.05, 4.69) is 26.7 Å². The number of rotatable bonds is 19. The predicted octanol–water partition coefficient (Wildman–Crippen LogP) is -0.240. The van der Waals surface area contributed by atoms with E-state index in [-0.39, 0.29) is 38.3 Å². The lowest BCUT2D eigenvalue weighted by molar-refractivity contribution is -0.141. The summed E-state index contributed by atoms with van der Waals surface area (Å²) >= 11 is 1.52. The minimum atomic E-state index is -1.10. The molecule has 2 aromatic carbocycles. The van der Waals surface area contributed by atoms with Crippen LogP contribution in [-0.2, 0) is 41.6 Å². The van der Waals surface area contributed by atoms with E-state index in [1.807, 2.05) is 80.8 Å². The summed E-state index contributed by atoms with van der Waals surface area (Å²) in [6.07, 6.45) is 3.09. The first kappa shape index (κ1) is 40.0. The van der Waals surface area contributed by atoms with E-state index in [4.69, 9.17) is 11.6 Å². The average molecular weight is 711 g/mol. The van der Waals surface area contributed by atoms with Crippen LogP contribution in [-0.4, -0.2) is 95.7 Å². The van der Waals surface area contributed by atoms with Crippen molar-refractivity contribution < 1.29 is 28.8 Å². The summed E-state index contributed by atoms with van der Waals surface area (Å²) in [6, 6.07) is 13.4. The highest BCUT2D eigenvalue weighted by Gasteiger charge is 2.41. The van der Waals surface area contributed by atoms with Crippen molar-refractivity contribution in [1.29, 1.82) is 0 Å². The summed E-state index contributed by atoms with van der Waals surface area (Å²) in [5.74, 6) is 2.84. The Labute approximate surface area is 297 Å². The van der Waals surface area contributed by atoms with Crippen LogP contribution in [0.1, 0.15) is 44.2 Å². The largest absolute Gasteiger partial charge is 0.343 e.